The summed E-state index contributed by atoms with van der Waals surface area (Å²) >= 11 is 0. The number of amides is 2. The Morgan fingerprint density at radius 2 is 1.95 bits per heavy atom. The topological polar surface area (TPSA) is 69.6 Å². The number of β-amino-alcohol motifs (C(OH)–C–C–N with tert-alkyl or cyclic N) is 1. The van der Waals surface area contributed by atoms with Crippen LogP contribution in [0.15, 0.2) is 24.3 Å². The fourth-order valence-electron chi connectivity index (χ4n) is 1.85. The first-order chi connectivity index (χ1) is 9.27. The van der Waals surface area contributed by atoms with Crippen molar-refractivity contribution in [1.29, 1.82) is 0 Å². The second-order valence-corrected chi connectivity index (χ2v) is 6.15. The van der Waals surface area contributed by atoms with Crippen molar-refractivity contribution in [2.24, 2.45) is 5.41 Å². The highest BCUT2D eigenvalue weighted by molar-refractivity contribution is 5.98. The van der Waals surface area contributed by atoms with Gasteiger partial charge >= 0.3 is 0 Å². The van der Waals surface area contributed by atoms with Gasteiger partial charge in [0.05, 0.1) is 6.10 Å². The minimum absolute atomic E-state index is 0.0959. The van der Waals surface area contributed by atoms with Gasteiger partial charge in [-0.2, -0.15) is 0 Å². The Morgan fingerprint density at radius 1 is 1.30 bits per heavy atom. The molecule has 0 unspecified atom stereocenters. The van der Waals surface area contributed by atoms with Crippen LogP contribution in [0.2, 0.25) is 0 Å². The molecule has 0 atom stereocenters. The average Bonchev–Trinajstić information content (AvgIpc) is 2.33. The quantitative estimate of drug-likeness (QED) is 0.859. The van der Waals surface area contributed by atoms with Crippen molar-refractivity contribution >= 4 is 17.5 Å². The summed E-state index contributed by atoms with van der Waals surface area (Å²) in [7, 11) is 0. The van der Waals surface area contributed by atoms with Crippen LogP contribution in [0.25, 0.3) is 0 Å². The van der Waals surface area contributed by atoms with E-state index in [2.05, 4.69) is 5.32 Å². The van der Waals surface area contributed by atoms with Crippen molar-refractivity contribution in [3.63, 3.8) is 0 Å². The summed E-state index contributed by atoms with van der Waals surface area (Å²) in [5.74, 6) is -0.219. The van der Waals surface area contributed by atoms with Crippen LogP contribution >= 0.6 is 0 Å². The van der Waals surface area contributed by atoms with Crippen LogP contribution < -0.4 is 5.32 Å². The van der Waals surface area contributed by atoms with E-state index in [9.17, 15) is 14.7 Å². The lowest BCUT2D eigenvalue weighted by Gasteiger charge is -2.35. The highest BCUT2D eigenvalue weighted by Crippen LogP contribution is 2.20. The molecule has 2 amide bonds. The van der Waals surface area contributed by atoms with Gasteiger partial charge in [-0.3, -0.25) is 9.59 Å². The molecule has 1 fully saturated rings. The standard InChI is InChI=1S/C15H20N2O3/c1-15(2,3)14(20)16-11-6-4-5-10(7-11)13(19)17-8-12(18)9-17/h4-7,12,18H,8-9H2,1-3H3,(H,16,20). The third kappa shape index (κ3) is 3.17. The van der Waals surface area contributed by atoms with Gasteiger partial charge < -0.3 is 15.3 Å². The summed E-state index contributed by atoms with van der Waals surface area (Å²) in [5, 5.41) is 12.0. The molecule has 1 aromatic carbocycles. The zero-order valence-corrected chi connectivity index (χ0v) is 12.0. The van der Waals surface area contributed by atoms with Crippen LogP contribution in [0.1, 0.15) is 31.1 Å². The lowest BCUT2D eigenvalue weighted by molar-refractivity contribution is -0.123. The van der Waals surface area contributed by atoms with Crippen LogP contribution in [-0.2, 0) is 4.79 Å². The average molecular weight is 276 g/mol. The zero-order valence-electron chi connectivity index (χ0n) is 12.0. The van der Waals surface area contributed by atoms with Crippen molar-refractivity contribution in [3.05, 3.63) is 29.8 Å². The van der Waals surface area contributed by atoms with Gasteiger partial charge in [0.1, 0.15) is 0 Å². The van der Waals surface area contributed by atoms with Crippen LogP contribution in [0.3, 0.4) is 0 Å². The van der Waals surface area contributed by atoms with Crippen LogP contribution in [-0.4, -0.2) is 41.0 Å². The Balaban J connectivity index is 2.08. The summed E-state index contributed by atoms with van der Waals surface area (Å²) in [4.78, 5) is 25.6. The summed E-state index contributed by atoms with van der Waals surface area (Å²) in [6.45, 7) is 6.24. The van der Waals surface area contributed by atoms with Gasteiger partial charge in [0.25, 0.3) is 5.91 Å². The maximum atomic E-state index is 12.1. The van der Waals surface area contributed by atoms with Crippen molar-refractivity contribution in [2.75, 3.05) is 18.4 Å². The number of carbonyl (C=O) groups is 2. The van der Waals surface area contributed by atoms with E-state index >= 15 is 0 Å². The number of carbonyl (C=O) groups excluding carboxylic acids is 2. The molecule has 108 valence electrons. The molecule has 20 heavy (non-hydrogen) atoms. The second kappa shape index (κ2) is 5.25. The fraction of sp³-hybridized carbons (Fsp3) is 0.467. The van der Waals surface area contributed by atoms with Crippen LogP contribution in [0.4, 0.5) is 5.69 Å². The smallest absolute Gasteiger partial charge is 0.254 e. The number of likely N-dealkylation sites (tertiary alicyclic amines) is 1. The lowest BCUT2D eigenvalue weighted by atomic mass is 9.95. The number of hydrogen-bond acceptors (Lipinski definition) is 3. The molecule has 1 saturated heterocycles. The molecule has 0 saturated carbocycles. The summed E-state index contributed by atoms with van der Waals surface area (Å²) in [5.41, 5.74) is 0.641. The summed E-state index contributed by atoms with van der Waals surface area (Å²) in [6, 6.07) is 6.86. The Morgan fingerprint density at radius 3 is 2.50 bits per heavy atom. The number of aliphatic hydroxyl groups excluding tert-OH is 1. The molecule has 0 bridgehead atoms. The molecule has 0 aliphatic carbocycles. The van der Waals surface area contributed by atoms with Gasteiger partial charge in [0.2, 0.25) is 5.91 Å². The van der Waals surface area contributed by atoms with Crippen molar-refractivity contribution in [3.8, 4) is 0 Å². The molecule has 1 aliphatic heterocycles. The van der Waals surface area contributed by atoms with Gasteiger partial charge in [-0.1, -0.05) is 26.8 Å². The predicted molar refractivity (Wildman–Crippen MR) is 76.4 cm³/mol. The molecular weight excluding hydrogens is 256 g/mol. The van der Waals surface area contributed by atoms with Crippen LogP contribution in [0.5, 0.6) is 0 Å². The number of benzene rings is 1. The highest BCUT2D eigenvalue weighted by Gasteiger charge is 2.29. The lowest BCUT2D eigenvalue weighted by Crippen LogP contribution is -2.53. The number of nitrogens with zero attached hydrogens (tertiary/aromatic N) is 1. The predicted octanol–water partition coefficient (Wildman–Crippen LogP) is 1.49. The number of hydrogen-bond donors (Lipinski definition) is 2. The second-order valence-electron chi connectivity index (χ2n) is 6.15. The Labute approximate surface area is 118 Å². The zero-order chi connectivity index (χ0) is 14.9. The molecule has 1 heterocycles. The van der Waals surface area contributed by atoms with E-state index in [4.69, 9.17) is 0 Å². The van der Waals surface area contributed by atoms with Gasteiger partial charge in [-0.05, 0) is 18.2 Å². The molecule has 0 radical (unpaired) electrons. The third-order valence-electron chi connectivity index (χ3n) is 3.20. The Kier molecular flexibility index (Phi) is 3.81. The van der Waals surface area contributed by atoms with Crippen LogP contribution in [0, 0.1) is 5.41 Å². The molecule has 1 aliphatic rings. The van der Waals surface area contributed by atoms with E-state index in [1.165, 1.54) is 0 Å². The first-order valence-electron chi connectivity index (χ1n) is 6.66. The van der Waals surface area contributed by atoms with Gasteiger partial charge in [-0.15, -0.1) is 0 Å². The van der Waals surface area contributed by atoms with E-state index in [1.54, 1.807) is 29.2 Å². The maximum Gasteiger partial charge on any atom is 0.254 e. The molecule has 2 rings (SSSR count). The summed E-state index contributed by atoms with van der Waals surface area (Å²) in [6.07, 6.45) is -0.414. The van der Waals surface area contributed by atoms with Gasteiger partial charge in [0.15, 0.2) is 0 Å². The SMILES string of the molecule is CC(C)(C)C(=O)Nc1cccc(C(=O)N2CC(O)C2)c1. The van der Waals surface area contributed by atoms with Gasteiger partial charge in [-0.25, -0.2) is 0 Å². The van der Waals surface area contributed by atoms with Gasteiger partial charge in [0, 0.05) is 29.8 Å². The fourth-order valence-corrected chi connectivity index (χ4v) is 1.85. The summed E-state index contributed by atoms with van der Waals surface area (Å²) < 4.78 is 0. The molecule has 5 heteroatoms. The highest BCUT2D eigenvalue weighted by atomic mass is 16.3. The molecule has 0 spiro atoms. The van der Waals surface area contributed by atoms with E-state index in [0.717, 1.165) is 0 Å². The van der Waals surface area contributed by atoms with E-state index in [0.29, 0.717) is 24.3 Å². The van der Waals surface area contributed by atoms with E-state index < -0.39 is 11.5 Å². The third-order valence-corrected chi connectivity index (χ3v) is 3.20. The first kappa shape index (κ1) is 14.5. The molecule has 0 aromatic heterocycles. The monoisotopic (exact) mass is 276 g/mol. The van der Waals surface area contributed by atoms with Crippen molar-refractivity contribution in [2.45, 2.75) is 26.9 Å². The van der Waals surface area contributed by atoms with E-state index in [1.807, 2.05) is 20.8 Å². The first-order valence-corrected chi connectivity index (χ1v) is 6.66. The maximum absolute atomic E-state index is 12.1. The molecular formula is C15H20N2O3. The van der Waals surface area contributed by atoms with E-state index in [-0.39, 0.29) is 11.8 Å². The van der Waals surface area contributed by atoms with Crippen molar-refractivity contribution in [1.82, 2.24) is 4.90 Å². The normalized spacial score (nSPS) is 15.7. The minimum Gasteiger partial charge on any atom is -0.389 e. The number of aliphatic hydroxyl groups is 1. The minimum atomic E-state index is -0.485. The number of rotatable bonds is 2. The number of anilines is 1. The molecule has 2 N–H and O–H groups in total. The molecule has 1 aromatic rings. The Hall–Kier alpha value is -1.88. The molecule has 5 nitrogen and oxygen atoms in total. The largest absolute Gasteiger partial charge is 0.389 e. The Bertz CT molecular complexity index is 528. The van der Waals surface area contributed by atoms with Crippen molar-refractivity contribution < 1.29 is 14.7 Å². The number of nitrogens with one attached hydrogen (secondary N) is 1.